The smallest absolute Gasteiger partial charge is 0.462 e. The Kier molecular flexibility index (Phi) is 22.2. The van der Waals surface area contributed by atoms with Crippen LogP contribution in [0.2, 0.25) is 0 Å². The number of carbonyl (C=O) groups is 2. The number of unbranched alkanes of at least 4 members (excludes halogenated alkanes) is 12. The Bertz CT molecular complexity index is 653. The van der Waals surface area contributed by atoms with Crippen LogP contribution in [-0.2, 0) is 32.7 Å². The van der Waals surface area contributed by atoms with Crippen LogP contribution in [0.3, 0.4) is 0 Å². The molecule has 0 aromatic rings. The number of rotatable bonds is 26. The summed E-state index contributed by atoms with van der Waals surface area (Å²) < 4.78 is 33.7. The van der Waals surface area contributed by atoms with E-state index in [1.165, 1.54) is 38.5 Å². The van der Waals surface area contributed by atoms with Crippen LogP contribution in [0.5, 0.6) is 0 Å². The van der Waals surface area contributed by atoms with E-state index in [0.29, 0.717) is 17.4 Å². The van der Waals surface area contributed by atoms with Crippen molar-refractivity contribution in [2.24, 2.45) is 0 Å². The number of esters is 2. The molecule has 0 bridgehead atoms. The normalized spacial score (nSPS) is 14.2. The minimum absolute atomic E-state index is 0.0351. The Morgan fingerprint density at radius 2 is 1.18 bits per heavy atom. The Morgan fingerprint density at radius 1 is 0.711 bits per heavy atom. The van der Waals surface area contributed by atoms with Gasteiger partial charge < -0.3 is 18.9 Å². The van der Waals surface area contributed by atoms with Crippen LogP contribution in [0, 0.1) is 0 Å². The molecule has 38 heavy (non-hydrogen) atoms. The molecule has 9 nitrogen and oxygen atoms in total. The first kappa shape index (κ1) is 37.0. The maximum Gasteiger partial charge on any atom is 0.472 e. The second kappa shape index (κ2) is 22.8. The minimum Gasteiger partial charge on any atom is -0.462 e. The fourth-order valence-electron chi connectivity index (χ4n) is 3.72. The zero-order valence-electron chi connectivity index (χ0n) is 24.9. The van der Waals surface area contributed by atoms with Gasteiger partial charge in [0.2, 0.25) is 0 Å². The molecule has 0 aromatic heterocycles. The van der Waals surface area contributed by atoms with E-state index in [9.17, 15) is 19.0 Å². The van der Waals surface area contributed by atoms with Gasteiger partial charge in [0.1, 0.15) is 19.8 Å². The lowest BCUT2D eigenvalue weighted by molar-refractivity contribution is -0.870. The molecule has 226 valence electrons. The first-order valence-electron chi connectivity index (χ1n) is 14.8. The molecule has 0 radical (unpaired) electrons. The van der Waals surface area contributed by atoms with Crippen molar-refractivity contribution in [1.29, 1.82) is 0 Å². The third-order valence-corrected chi connectivity index (χ3v) is 7.12. The Balaban J connectivity index is 4.55. The summed E-state index contributed by atoms with van der Waals surface area (Å²) in [6.07, 6.45) is 14.8. The standard InChI is InChI=1S/C28H56NO8P/c1-6-8-10-12-13-14-15-17-19-21-28(31)37-26(24-34-27(30)20-18-16-11-9-7-2)25-36-38(32,33)35-23-22-29(3,4)5/h26H,6-25H2,1-5H3/p+1/t26-/m0/s1. The summed E-state index contributed by atoms with van der Waals surface area (Å²) in [5, 5.41) is 0. The van der Waals surface area contributed by atoms with E-state index in [1.807, 2.05) is 21.1 Å². The predicted octanol–water partition coefficient (Wildman–Crippen LogP) is 6.56. The lowest BCUT2D eigenvalue weighted by Crippen LogP contribution is -2.37. The molecule has 1 N–H and O–H groups in total. The molecule has 0 aromatic carbocycles. The van der Waals surface area contributed by atoms with Gasteiger partial charge in [0.15, 0.2) is 6.10 Å². The van der Waals surface area contributed by atoms with Gasteiger partial charge in [-0.05, 0) is 12.8 Å². The lowest BCUT2D eigenvalue weighted by atomic mass is 10.1. The second-order valence-electron chi connectivity index (χ2n) is 11.1. The van der Waals surface area contributed by atoms with E-state index >= 15 is 0 Å². The first-order valence-corrected chi connectivity index (χ1v) is 16.3. The first-order chi connectivity index (χ1) is 18.0. The van der Waals surface area contributed by atoms with Gasteiger partial charge in [0.25, 0.3) is 0 Å². The summed E-state index contributed by atoms with van der Waals surface area (Å²) in [4.78, 5) is 34.5. The SMILES string of the molecule is CCCCCCCCCCCC(=O)O[C@@H](COC(=O)CCCCCCC)COP(=O)(O)OCC[N+](C)(C)C. The van der Waals surface area contributed by atoms with E-state index in [-0.39, 0.29) is 32.0 Å². The molecule has 0 amide bonds. The molecular formula is C28H57NO8P+. The maximum absolute atomic E-state index is 12.4. The molecule has 0 aliphatic carbocycles. The van der Waals surface area contributed by atoms with Crippen molar-refractivity contribution >= 4 is 19.8 Å². The Labute approximate surface area is 232 Å². The molecule has 0 rings (SSSR count). The van der Waals surface area contributed by atoms with Gasteiger partial charge in [-0.3, -0.25) is 18.6 Å². The molecule has 10 heteroatoms. The number of quaternary nitrogens is 1. The van der Waals surface area contributed by atoms with Crippen molar-refractivity contribution in [2.45, 2.75) is 123 Å². The quantitative estimate of drug-likeness (QED) is 0.0543. The van der Waals surface area contributed by atoms with Crippen LogP contribution in [0.1, 0.15) is 117 Å². The second-order valence-corrected chi connectivity index (χ2v) is 12.6. The largest absolute Gasteiger partial charge is 0.472 e. The average molecular weight is 567 g/mol. The van der Waals surface area contributed by atoms with E-state index < -0.39 is 26.5 Å². The fourth-order valence-corrected chi connectivity index (χ4v) is 4.46. The van der Waals surface area contributed by atoms with Crippen molar-refractivity contribution in [3.63, 3.8) is 0 Å². The molecule has 0 fully saturated rings. The van der Waals surface area contributed by atoms with Gasteiger partial charge in [-0.15, -0.1) is 0 Å². The molecule has 0 saturated heterocycles. The summed E-state index contributed by atoms with van der Waals surface area (Å²) in [7, 11) is 1.48. The van der Waals surface area contributed by atoms with Crippen molar-refractivity contribution in [3.05, 3.63) is 0 Å². The van der Waals surface area contributed by atoms with Gasteiger partial charge in [-0.2, -0.15) is 0 Å². The van der Waals surface area contributed by atoms with E-state index in [2.05, 4.69) is 13.8 Å². The number of phosphoric ester groups is 1. The van der Waals surface area contributed by atoms with E-state index in [0.717, 1.165) is 44.9 Å². The third kappa shape index (κ3) is 25.3. The lowest BCUT2D eigenvalue weighted by Gasteiger charge is -2.24. The highest BCUT2D eigenvalue weighted by atomic mass is 31.2. The monoisotopic (exact) mass is 566 g/mol. The summed E-state index contributed by atoms with van der Waals surface area (Å²) in [5.74, 6) is -0.816. The van der Waals surface area contributed by atoms with E-state index in [4.69, 9.17) is 18.5 Å². The molecule has 0 spiro atoms. The average Bonchev–Trinajstić information content (AvgIpc) is 2.83. The molecule has 1 unspecified atom stereocenters. The van der Waals surface area contributed by atoms with Crippen LogP contribution >= 0.6 is 7.82 Å². The zero-order valence-corrected chi connectivity index (χ0v) is 25.8. The van der Waals surface area contributed by atoms with Crippen molar-refractivity contribution < 1.29 is 42.1 Å². The van der Waals surface area contributed by atoms with Crippen molar-refractivity contribution in [1.82, 2.24) is 0 Å². The van der Waals surface area contributed by atoms with Crippen LogP contribution in [0.4, 0.5) is 0 Å². The summed E-state index contributed by atoms with van der Waals surface area (Å²) in [5.41, 5.74) is 0. The number of likely N-dealkylation sites (N-methyl/N-ethyl adjacent to an activating group) is 1. The summed E-state index contributed by atoms with van der Waals surface area (Å²) >= 11 is 0. The fraction of sp³-hybridized carbons (Fsp3) is 0.929. The molecular weight excluding hydrogens is 509 g/mol. The molecule has 0 saturated carbocycles. The highest BCUT2D eigenvalue weighted by Gasteiger charge is 2.27. The van der Waals surface area contributed by atoms with Crippen LogP contribution in [0.25, 0.3) is 0 Å². The summed E-state index contributed by atoms with van der Waals surface area (Å²) in [6, 6.07) is 0. The van der Waals surface area contributed by atoms with Crippen LogP contribution in [0.15, 0.2) is 0 Å². The summed E-state index contributed by atoms with van der Waals surface area (Å²) in [6.45, 7) is 4.27. The number of ether oxygens (including phenoxy) is 2. The molecule has 0 heterocycles. The van der Waals surface area contributed by atoms with Gasteiger partial charge in [0, 0.05) is 12.8 Å². The Morgan fingerprint density at radius 3 is 1.68 bits per heavy atom. The minimum atomic E-state index is -4.34. The third-order valence-electron chi connectivity index (χ3n) is 6.14. The van der Waals surface area contributed by atoms with Crippen LogP contribution < -0.4 is 0 Å². The van der Waals surface area contributed by atoms with E-state index in [1.54, 1.807) is 0 Å². The van der Waals surface area contributed by atoms with Crippen molar-refractivity contribution in [2.75, 3.05) is 47.5 Å². The zero-order chi connectivity index (χ0) is 28.7. The van der Waals surface area contributed by atoms with Gasteiger partial charge in [0.05, 0.1) is 27.7 Å². The van der Waals surface area contributed by atoms with Gasteiger partial charge in [-0.1, -0.05) is 90.9 Å². The van der Waals surface area contributed by atoms with Gasteiger partial charge >= 0.3 is 19.8 Å². The number of carbonyl (C=O) groups excluding carboxylic acids is 2. The van der Waals surface area contributed by atoms with Gasteiger partial charge in [-0.25, -0.2) is 4.57 Å². The van der Waals surface area contributed by atoms with Crippen LogP contribution in [-0.4, -0.2) is 74.9 Å². The highest BCUT2D eigenvalue weighted by molar-refractivity contribution is 7.47. The Hall–Kier alpha value is -0.990. The topological polar surface area (TPSA) is 108 Å². The number of hydrogen-bond acceptors (Lipinski definition) is 7. The maximum atomic E-state index is 12.4. The number of nitrogens with zero attached hydrogens (tertiary/aromatic N) is 1. The van der Waals surface area contributed by atoms with Crippen molar-refractivity contribution in [3.8, 4) is 0 Å². The number of phosphoric acid groups is 1. The molecule has 0 aliphatic heterocycles. The molecule has 2 atom stereocenters. The highest BCUT2D eigenvalue weighted by Crippen LogP contribution is 2.43. The molecule has 0 aliphatic rings. The predicted molar refractivity (Wildman–Crippen MR) is 151 cm³/mol. The number of hydrogen-bond donors (Lipinski definition) is 1.